The molecule has 1 amide bonds. The predicted molar refractivity (Wildman–Crippen MR) is 55.3 cm³/mol. The Kier molecular flexibility index (Phi) is 3.87. The molecular formula is C9H13N3O4. The van der Waals surface area contributed by atoms with Gasteiger partial charge in [0.25, 0.3) is 6.01 Å². The number of aromatic carboxylic acids is 1. The molecule has 0 aliphatic carbocycles. The van der Waals surface area contributed by atoms with E-state index in [9.17, 15) is 9.59 Å². The number of anilines is 1. The standard InChI is InChI=1S/C9H13N3O4/c1-12(2)7(13)3-4-10-9-11-6(5-16-9)8(14)15/h5H,3-4H2,1-2H3,(H,10,11)(H,14,15). The average Bonchev–Trinajstić information content (AvgIpc) is 2.66. The topological polar surface area (TPSA) is 95.7 Å². The van der Waals surface area contributed by atoms with Crippen molar-refractivity contribution in [2.45, 2.75) is 6.42 Å². The van der Waals surface area contributed by atoms with Crippen LogP contribution in [0.1, 0.15) is 16.9 Å². The lowest BCUT2D eigenvalue weighted by molar-refractivity contribution is -0.128. The highest BCUT2D eigenvalue weighted by Crippen LogP contribution is 2.07. The van der Waals surface area contributed by atoms with E-state index < -0.39 is 5.97 Å². The summed E-state index contributed by atoms with van der Waals surface area (Å²) in [4.78, 5) is 26.8. The van der Waals surface area contributed by atoms with Crippen molar-refractivity contribution in [1.29, 1.82) is 0 Å². The van der Waals surface area contributed by atoms with Crippen LogP contribution in [-0.4, -0.2) is 47.5 Å². The smallest absolute Gasteiger partial charge is 0.357 e. The molecule has 0 aliphatic rings. The SMILES string of the molecule is CN(C)C(=O)CCNc1nc(C(=O)O)co1. The molecule has 0 bridgehead atoms. The number of amides is 1. The molecule has 2 N–H and O–H groups in total. The number of nitrogens with zero attached hydrogens (tertiary/aromatic N) is 2. The van der Waals surface area contributed by atoms with E-state index in [1.807, 2.05) is 0 Å². The summed E-state index contributed by atoms with van der Waals surface area (Å²) in [5, 5.41) is 11.3. The minimum Gasteiger partial charge on any atom is -0.476 e. The lowest BCUT2D eigenvalue weighted by Crippen LogP contribution is -2.23. The van der Waals surface area contributed by atoms with Crippen molar-refractivity contribution >= 4 is 17.9 Å². The van der Waals surface area contributed by atoms with Crippen molar-refractivity contribution in [2.24, 2.45) is 0 Å². The number of aromatic nitrogens is 1. The Hall–Kier alpha value is -2.05. The first kappa shape index (κ1) is 12.0. The summed E-state index contributed by atoms with van der Waals surface area (Å²) < 4.78 is 4.84. The van der Waals surface area contributed by atoms with Crippen LogP contribution in [0.15, 0.2) is 10.7 Å². The minimum atomic E-state index is -1.15. The van der Waals surface area contributed by atoms with Crippen LogP contribution in [0.3, 0.4) is 0 Å². The summed E-state index contributed by atoms with van der Waals surface area (Å²) in [7, 11) is 3.33. The molecule has 0 saturated carbocycles. The van der Waals surface area contributed by atoms with Crippen LogP contribution in [0.25, 0.3) is 0 Å². The number of carboxylic acid groups (broad SMARTS) is 1. The Balaban J connectivity index is 2.37. The molecule has 0 fully saturated rings. The van der Waals surface area contributed by atoms with Gasteiger partial charge in [-0.1, -0.05) is 0 Å². The summed E-state index contributed by atoms with van der Waals surface area (Å²) in [5.41, 5.74) is -0.165. The molecule has 0 radical (unpaired) electrons. The first-order chi connectivity index (χ1) is 7.50. The highest BCUT2D eigenvalue weighted by Gasteiger charge is 2.10. The van der Waals surface area contributed by atoms with Gasteiger partial charge in [-0.3, -0.25) is 4.79 Å². The second-order valence-corrected chi connectivity index (χ2v) is 3.31. The molecule has 0 atom stereocenters. The minimum absolute atomic E-state index is 0.0301. The summed E-state index contributed by atoms with van der Waals surface area (Å²) in [6, 6.07) is 0.101. The Labute approximate surface area is 92.1 Å². The van der Waals surface area contributed by atoms with Crippen LogP contribution < -0.4 is 5.32 Å². The first-order valence-corrected chi connectivity index (χ1v) is 4.63. The van der Waals surface area contributed by atoms with Crippen LogP contribution in [-0.2, 0) is 4.79 Å². The third-order valence-corrected chi connectivity index (χ3v) is 1.84. The summed E-state index contributed by atoms with van der Waals surface area (Å²) in [6.07, 6.45) is 1.33. The number of hydrogen-bond acceptors (Lipinski definition) is 5. The lowest BCUT2D eigenvalue weighted by Gasteiger charge is -2.09. The molecule has 1 aromatic rings. The summed E-state index contributed by atoms with van der Waals surface area (Å²) in [5.74, 6) is -1.18. The number of rotatable bonds is 5. The number of carbonyl (C=O) groups excluding carboxylic acids is 1. The van der Waals surface area contributed by atoms with Crippen molar-refractivity contribution in [1.82, 2.24) is 9.88 Å². The van der Waals surface area contributed by atoms with E-state index in [0.717, 1.165) is 6.26 Å². The Morgan fingerprint density at radius 3 is 2.75 bits per heavy atom. The maximum Gasteiger partial charge on any atom is 0.357 e. The molecule has 1 rings (SSSR count). The van der Waals surface area contributed by atoms with E-state index in [0.29, 0.717) is 6.54 Å². The van der Waals surface area contributed by atoms with Crippen LogP contribution in [0.4, 0.5) is 6.01 Å². The molecular weight excluding hydrogens is 214 g/mol. The Morgan fingerprint density at radius 1 is 1.56 bits per heavy atom. The maximum atomic E-state index is 11.2. The first-order valence-electron chi connectivity index (χ1n) is 4.63. The molecule has 0 unspecified atom stereocenters. The van der Waals surface area contributed by atoms with E-state index in [1.54, 1.807) is 14.1 Å². The normalized spacial score (nSPS) is 9.88. The highest BCUT2D eigenvalue weighted by molar-refractivity contribution is 5.85. The van der Waals surface area contributed by atoms with Gasteiger partial charge in [-0.15, -0.1) is 0 Å². The number of nitrogens with one attached hydrogen (secondary N) is 1. The molecule has 0 spiro atoms. The zero-order valence-electron chi connectivity index (χ0n) is 9.06. The van der Waals surface area contributed by atoms with Gasteiger partial charge in [-0.25, -0.2) is 4.79 Å². The van der Waals surface area contributed by atoms with Gasteiger partial charge in [-0.2, -0.15) is 4.98 Å². The zero-order chi connectivity index (χ0) is 12.1. The van der Waals surface area contributed by atoms with E-state index in [4.69, 9.17) is 9.52 Å². The highest BCUT2D eigenvalue weighted by atomic mass is 16.4. The van der Waals surface area contributed by atoms with Gasteiger partial charge < -0.3 is 19.7 Å². The predicted octanol–water partition coefficient (Wildman–Crippen LogP) is 0.263. The number of carboxylic acids is 1. The van der Waals surface area contributed by atoms with Gasteiger partial charge >= 0.3 is 5.97 Å². The molecule has 0 aromatic carbocycles. The van der Waals surface area contributed by atoms with Crippen LogP contribution in [0, 0.1) is 0 Å². The fraction of sp³-hybridized carbons (Fsp3) is 0.444. The summed E-state index contributed by atoms with van der Waals surface area (Å²) in [6.45, 7) is 0.344. The van der Waals surface area contributed by atoms with E-state index >= 15 is 0 Å². The molecule has 7 heteroatoms. The second-order valence-electron chi connectivity index (χ2n) is 3.31. The second kappa shape index (κ2) is 5.15. The third kappa shape index (κ3) is 3.26. The fourth-order valence-corrected chi connectivity index (χ4v) is 0.953. The van der Waals surface area contributed by atoms with Crippen molar-refractivity contribution in [2.75, 3.05) is 26.0 Å². The molecule has 0 saturated heterocycles. The van der Waals surface area contributed by atoms with Gasteiger partial charge in [0.2, 0.25) is 5.91 Å². The van der Waals surface area contributed by atoms with Crippen LogP contribution in [0.2, 0.25) is 0 Å². The van der Waals surface area contributed by atoms with Gasteiger partial charge in [0, 0.05) is 27.1 Å². The van der Waals surface area contributed by atoms with Gasteiger partial charge in [0.05, 0.1) is 0 Å². The van der Waals surface area contributed by atoms with Crippen LogP contribution >= 0.6 is 0 Å². The number of carbonyl (C=O) groups is 2. The molecule has 1 aromatic heterocycles. The molecule has 7 nitrogen and oxygen atoms in total. The summed E-state index contributed by atoms with van der Waals surface area (Å²) >= 11 is 0. The zero-order valence-corrected chi connectivity index (χ0v) is 9.06. The van der Waals surface area contributed by atoms with E-state index in [-0.39, 0.29) is 24.0 Å². The molecule has 88 valence electrons. The number of hydrogen-bond donors (Lipinski definition) is 2. The molecule has 16 heavy (non-hydrogen) atoms. The van der Waals surface area contributed by atoms with E-state index in [2.05, 4.69) is 10.3 Å². The van der Waals surface area contributed by atoms with Gasteiger partial charge in [0.1, 0.15) is 6.26 Å². The quantitative estimate of drug-likeness (QED) is 0.749. The molecule has 1 heterocycles. The monoisotopic (exact) mass is 227 g/mol. The van der Waals surface area contributed by atoms with Crippen molar-refractivity contribution in [3.63, 3.8) is 0 Å². The average molecular weight is 227 g/mol. The fourth-order valence-electron chi connectivity index (χ4n) is 0.953. The van der Waals surface area contributed by atoms with Crippen molar-refractivity contribution < 1.29 is 19.1 Å². The van der Waals surface area contributed by atoms with E-state index in [1.165, 1.54) is 4.90 Å². The third-order valence-electron chi connectivity index (χ3n) is 1.84. The van der Waals surface area contributed by atoms with Crippen molar-refractivity contribution in [3.05, 3.63) is 12.0 Å². The maximum absolute atomic E-state index is 11.2. The van der Waals surface area contributed by atoms with Crippen molar-refractivity contribution in [3.8, 4) is 0 Å². The Morgan fingerprint density at radius 2 is 2.25 bits per heavy atom. The lowest BCUT2D eigenvalue weighted by atomic mass is 10.4. The van der Waals surface area contributed by atoms with Gasteiger partial charge in [-0.05, 0) is 0 Å². The molecule has 0 aliphatic heterocycles. The van der Waals surface area contributed by atoms with Crippen LogP contribution in [0.5, 0.6) is 0 Å². The number of oxazole rings is 1. The Bertz CT molecular complexity index is 386. The largest absolute Gasteiger partial charge is 0.476 e. The van der Waals surface area contributed by atoms with Gasteiger partial charge in [0.15, 0.2) is 5.69 Å².